The number of Topliss-reactive ketones (excluding diaryl/α,β-unsaturated/α-hetero) is 1. The Morgan fingerprint density at radius 2 is 1.78 bits per heavy atom. The van der Waals surface area contributed by atoms with Crippen LogP contribution in [-0.2, 0) is 19.1 Å². The summed E-state index contributed by atoms with van der Waals surface area (Å²) in [6, 6.07) is 11.4. The molecule has 0 spiro atoms. The highest BCUT2D eigenvalue weighted by Gasteiger charge is 2.37. The van der Waals surface area contributed by atoms with Gasteiger partial charge in [-0.3, -0.25) is 24.1 Å². The molecule has 0 fully saturated rings. The number of fused-ring (bicyclic) bond motifs is 1. The van der Waals surface area contributed by atoms with Gasteiger partial charge in [-0.2, -0.15) is 0 Å². The van der Waals surface area contributed by atoms with Gasteiger partial charge in [-0.15, -0.1) is 0 Å². The van der Waals surface area contributed by atoms with Gasteiger partial charge in [-0.05, 0) is 43.3 Å². The molecule has 138 valence electrons. The van der Waals surface area contributed by atoms with Gasteiger partial charge in [0.1, 0.15) is 12.4 Å². The van der Waals surface area contributed by atoms with Gasteiger partial charge >= 0.3 is 5.97 Å². The summed E-state index contributed by atoms with van der Waals surface area (Å²) in [5, 5.41) is 2.48. The Labute approximate surface area is 153 Å². The minimum absolute atomic E-state index is 0.220. The number of esters is 1. The highest BCUT2D eigenvalue weighted by molar-refractivity contribution is 6.52. The van der Waals surface area contributed by atoms with E-state index in [1.54, 1.807) is 18.2 Å². The monoisotopic (exact) mass is 370 g/mol. The largest absolute Gasteiger partial charge is 0.451 e. The van der Waals surface area contributed by atoms with E-state index in [0.717, 1.165) is 4.90 Å². The maximum atomic E-state index is 12.9. The van der Waals surface area contributed by atoms with Crippen molar-refractivity contribution in [2.75, 3.05) is 16.8 Å². The molecule has 0 unspecified atom stereocenters. The number of ether oxygens (including phenoxy) is 1. The van der Waals surface area contributed by atoms with E-state index in [4.69, 9.17) is 4.74 Å². The lowest BCUT2D eigenvalue weighted by Crippen LogP contribution is -2.38. The van der Waals surface area contributed by atoms with Crippen LogP contribution in [0, 0.1) is 5.82 Å². The van der Waals surface area contributed by atoms with Crippen molar-refractivity contribution < 1.29 is 28.3 Å². The molecule has 2 aromatic carbocycles. The van der Waals surface area contributed by atoms with Crippen LogP contribution in [0.3, 0.4) is 0 Å². The van der Waals surface area contributed by atoms with Crippen molar-refractivity contribution in [3.05, 3.63) is 59.9 Å². The minimum atomic E-state index is -1.15. The van der Waals surface area contributed by atoms with Crippen molar-refractivity contribution in [3.8, 4) is 0 Å². The average Bonchev–Trinajstić information content (AvgIpc) is 2.89. The lowest BCUT2D eigenvalue weighted by atomic mass is 10.1. The summed E-state index contributed by atoms with van der Waals surface area (Å²) in [4.78, 5) is 49.2. The summed E-state index contributed by atoms with van der Waals surface area (Å²) in [6.07, 6.45) is -1.15. The fraction of sp³-hybridized carbons (Fsp3) is 0.158. The van der Waals surface area contributed by atoms with Crippen molar-refractivity contribution in [2.45, 2.75) is 13.0 Å². The summed E-state index contributed by atoms with van der Waals surface area (Å²) in [5.74, 6) is -3.41. The van der Waals surface area contributed by atoms with E-state index >= 15 is 0 Å². The van der Waals surface area contributed by atoms with Crippen molar-refractivity contribution in [1.82, 2.24) is 0 Å². The van der Waals surface area contributed by atoms with Gasteiger partial charge in [0.05, 0.1) is 11.3 Å². The number of nitrogens with one attached hydrogen (secondary N) is 1. The maximum absolute atomic E-state index is 12.9. The third-order valence-corrected chi connectivity index (χ3v) is 3.96. The molecule has 3 rings (SSSR count). The molecule has 0 saturated heterocycles. The topological polar surface area (TPSA) is 92.8 Å². The van der Waals surface area contributed by atoms with Gasteiger partial charge in [0, 0.05) is 5.69 Å². The summed E-state index contributed by atoms with van der Waals surface area (Å²) < 4.78 is 17.9. The first kappa shape index (κ1) is 18.2. The third-order valence-electron chi connectivity index (χ3n) is 3.96. The summed E-state index contributed by atoms with van der Waals surface area (Å²) >= 11 is 0. The number of para-hydroxylation sites is 1. The molecule has 1 aliphatic rings. The second-order valence-corrected chi connectivity index (χ2v) is 5.87. The van der Waals surface area contributed by atoms with Crippen molar-refractivity contribution >= 4 is 34.9 Å². The van der Waals surface area contributed by atoms with E-state index in [-0.39, 0.29) is 5.56 Å². The van der Waals surface area contributed by atoms with Crippen LogP contribution in [0.4, 0.5) is 15.8 Å². The Bertz CT molecular complexity index is 926. The van der Waals surface area contributed by atoms with E-state index in [0.29, 0.717) is 11.4 Å². The van der Waals surface area contributed by atoms with Crippen LogP contribution in [0.15, 0.2) is 48.5 Å². The molecule has 7 nitrogen and oxygen atoms in total. The molecule has 0 saturated carbocycles. The van der Waals surface area contributed by atoms with Gasteiger partial charge in [-0.1, -0.05) is 12.1 Å². The molecule has 1 heterocycles. The molecule has 1 N–H and O–H groups in total. The van der Waals surface area contributed by atoms with Crippen LogP contribution in [-0.4, -0.2) is 36.2 Å². The van der Waals surface area contributed by atoms with Crippen LogP contribution in [0.1, 0.15) is 17.3 Å². The highest BCUT2D eigenvalue weighted by atomic mass is 19.1. The Hall–Kier alpha value is -3.55. The molecule has 27 heavy (non-hydrogen) atoms. The maximum Gasteiger partial charge on any atom is 0.326 e. The molecule has 2 aromatic rings. The number of anilines is 2. The Morgan fingerprint density at radius 1 is 1.11 bits per heavy atom. The fourth-order valence-corrected chi connectivity index (χ4v) is 2.60. The second-order valence-electron chi connectivity index (χ2n) is 5.87. The molecule has 1 aliphatic heterocycles. The number of rotatable bonds is 5. The minimum Gasteiger partial charge on any atom is -0.451 e. The van der Waals surface area contributed by atoms with Crippen LogP contribution >= 0.6 is 0 Å². The number of carbonyl (C=O) groups is 4. The summed E-state index contributed by atoms with van der Waals surface area (Å²) in [6.45, 7) is 0.872. The molecular weight excluding hydrogens is 355 g/mol. The van der Waals surface area contributed by atoms with Gasteiger partial charge in [-0.25, -0.2) is 4.39 Å². The number of nitrogens with zero attached hydrogens (tertiary/aromatic N) is 1. The highest BCUT2D eigenvalue weighted by Crippen LogP contribution is 2.28. The molecule has 1 atom stereocenters. The van der Waals surface area contributed by atoms with E-state index in [2.05, 4.69) is 5.32 Å². The molecular formula is C19H15FN2O5. The fourth-order valence-electron chi connectivity index (χ4n) is 2.60. The van der Waals surface area contributed by atoms with Crippen LogP contribution in [0.5, 0.6) is 0 Å². The number of ketones is 1. The molecule has 0 aromatic heterocycles. The SMILES string of the molecule is C[C@@H](OC(=O)CN1C(=O)C(=O)c2ccccc21)C(=O)Nc1ccc(F)cc1. The smallest absolute Gasteiger partial charge is 0.326 e. The normalized spacial score (nSPS) is 13.9. The molecule has 8 heteroatoms. The number of hydrogen-bond donors (Lipinski definition) is 1. The third kappa shape index (κ3) is 3.84. The number of carbonyl (C=O) groups excluding carboxylic acids is 4. The van der Waals surface area contributed by atoms with Crippen LogP contribution in [0.2, 0.25) is 0 Å². The first-order chi connectivity index (χ1) is 12.9. The number of hydrogen-bond acceptors (Lipinski definition) is 5. The summed E-state index contributed by atoms with van der Waals surface area (Å²) in [5.41, 5.74) is 0.892. The number of benzene rings is 2. The molecule has 0 aliphatic carbocycles. The van der Waals surface area contributed by atoms with Gasteiger partial charge in [0.15, 0.2) is 6.10 Å². The van der Waals surface area contributed by atoms with E-state index in [1.165, 1.54) is 37.3 Å². The summed E-state index contributed by atoms with van der Waals surface area (Å²) in [7, 11) is 0. The zero-order chi connectivity index (χ0) is 19.6. The zero-order valence-electron chi connectivity index (χ0n) is 14.3. The lowest BCUT2D eigenvalue weighted by Gasteiger charge is -2.18. The second kappa shape index (κ2) is 7.36. The van der Waals surface area contributed by atoms with Gasteiger partial charge in [0.25, 0.3) is 17.6 Å². The van der Waals surface area contributed by atoms with Crippen LogP contribution < -0.4 is 10.2 Å². The van der Waals surface area contributed by atoms with Crippen LogP contribution in [0.25, 0.3) is 0 Å². The molecule has 2 amide bonds. The molecule has 0 radical (unpaired) electrons. The predicted molar refractivity (Wildman–Crippen MR) is 93.7 cm³/mol. The predicted octanol–water partition coefficient (Wildman–Crippen LogP) is 1.93. The van der Waals surface area contributed by atoms with E-state index < -0.39 is 42.0 Å². The Kier molecular flexibility index (Phi) is 4.98. The van der Waals surface area contributed by atoms with Crippen molar-refractivity contribution in [1.29, 1.82) is 0 Å². The molecule has 0 bridgehead atoms. The number of halogens is 1. The quantitative estimate of drug-likeness (QED) is 0.641. The first-order valence-corrected chi connectivity index (χ1v) is 8.08. The number of amides is 2. The zero-order valence-corrected chi connectivity index (χ0v) is 14.3. The van der Waals surface area contributed by atoms with Gasteiger partial charge < -0.3 is 10.1 Å². The van der Waals surface area contributed by atoms with E-state index in [9.17, 15) is 23.6 Å². The van der Waals surface area contributed by atoms with Crippen molar-refractivity contribution in [2.24, 2.45) is 0 Å². The van der Waals surface area contributed by atoms with Gasteiger partial charge in [0.2, 0.25) is 0 Å². The lowest BCUT2D eigenvalue weighted by molar-refractivity contribution is -0.152. The van der Waals surface area contributed by atoms with Crippen molar-refractivity contribution in [3.63, 3.8) is 0 Å². The average molecular weight is 370 g/mol. The van der Waals surface area contributed by atoms with E-state index in [1.807, 2.05) is 0 Å². The Balaban J connectivity index is 1.60. The standard InChI is InChI=1S/C19H15FN2O5/c1-11(18(25)21-13-8-6-12(20)7-9-13)27-16(23)10-22-15-5-3-2-4-14(15)17(24)19(22)26/h2-9,11H,10H2,1H3,(H,21,25)/t11-/m1/s1. The Morgan fingerprint density at radius 3 is 2.48 bits per heavy atom. The first-order valence-electron chi connectivity index (χ1n) is 8.08.